The second-order valence-corrected chi connectivity index (χ2v) is 4.21. The zero-order valence-electron chi connectivity index (χ0n) is 9.74. The van der Waals surface area contributed by atoms with Crippen LogP contribution in [-0.4, -0.2) is 43.2 Å². The quantitative estimate of drug-likeness (QED) is 0.751. The number of hydrogen-bond acceptors (Lipinski definition) is 3. The van der Waals surface area contributed by atoms with Crippen LogP contribution in [-0.2, 0) is 9.53 Å². The number of likely N-dealkylation sites (N-methyl/N-ethyl adjacent to an activating group) is 1. The van der Waals surface area contributed by atoms with Gasteiger partial charge in [0.1, 0.15) is 6.61 Å². The Morgan fingerprint density at radius 1 is 1.47 bits per heavy atom. The smallest absolute Gasteiger partial charge is 0.248 e. The topological polar surface area (TPSA) is 55.6 Å². The van der Waals surface area contributed by atoms with Gasteiger partial charge in [0, 0.05) is 19.6 Å². The van der Waals surface area contributed by atoms with Crippen molar-refractivity contribution in [1.29, 1.82) is 0 Å². The van der Waals surface area contributed by atoms with E-state index in [1.165, 1.54) is 6.42 Å². The first-order valence-electron chi connectivity index (χ1n) is 5.76. The summed E-state index contributed by atoms with van der Waals surface area (Å²) in [5, 5.41) is 0. The monoisotopic (exact) mass is 214 g/mol. The fraction of sp³-hybridized carbons (Fsp3) is 0.909. The summed E-state index contributed by atoms with van der Waals surface area (Å²) in [6.45, 7) is 2.84. The molecule has 0 saturated heterocycles. The SMILES string of the molecule is CCN(C)C(=O)COC1CCCCC1N. The van der Waals surface area contributed by atoms with Crippen molar-refractivity contribution < 1.29 is 9.53 Å². The van der Waals surface area contributed by atoms with Gasteiger partial charge in [0.2, 0.25) is 5.91 Å². The van der Waals surface area contributed by atoms with Crippen LogP contribution in [0, 0.1) is 0 Å². The van der Waals surface area contributed by atoms with Crippen LogP contribution in [0.1, 0.15) is 32.6 Å². The Bertz CT molecular complexity index is 209. The van der Waals surface area contributed by atoms with Crippen molar-refractivity contribution in [2.75, 3.05) is 20.2 Å². The molecule has 88 valence electrons. The molecule has 1 fully saturated rings. The molecule has 2 N–H and O–H groups in total. The molecule has 4 nitrogen and oxygen atoms in total. The second kappa shape index (κ2) is 6.08. The third kappa shape index (κ3) is 3.80. The molecule has 1 aliphatic rings. The number of nitrogens with zero attached hydrogens (tertiary/aromatic N) is 1. The fourth-order valence-electron chi connectivity index (χ4n) is 1.80. The van der Waals surface area contributed by atoms with Gasteiger partial charge in [0.25, 0.3) is 0 Å². The van der Waals surface area contributed by atoms with Crippen molar-refractivity contribution in [2.24, 2.45) is 5.73 Å². The Kier molecular flexibility index (Phi) is 5.05. The first-order chi connectivity index (χ1) is 7.15. The van der Waals surface area contributed by atoms with E-state index in [9.17, 15) is 4.79 Å². The molecule has 0 heterocycles. The van der Waals surface area contributed by atoms with Gasteiger partial charge in [-0.2, -0.15) is 0 Å². The molecule has 4 heteroatoms. The van der Waals surface area contributed by atoms with Crippen LogP contribution in [0.15, 0.2) is 0 Å². The molecule has 1 amide bonds. The van der Waals surface area contributed by atoms with E-state index in [-0.39, 0.29) is 24.7 Å². The van der Waals surface area contributed by atoms with Gasteiger partial charge in [-0.25, -0.2) is 0 Å². The molecule has 0 radical (unpaired) electrons. The third-order valence-corrected chi connectivity index (χ3v) is 3.07. The molecule has 0 aliphatic heterocycles. The molecule has 0 bridgehead atoms. The highest BCUT2D eigenvalue weighted by Crippen LogP contribution is 2.19. The molecular weight excluding hydrogens is 192 g/mol. The molecular formula is C11H22N2O2. The highest BCUT2D eigenvalue weighted by atomic mass is 16.5. The predicted octanol–water partition coefficient (Wildman–Crippen LogP) is 0.751. The minimum atomic E-state index is 0.0373. The Hall–Kier alpha value is -0.610. The van der Waals surface area contributed by atoms with Gasteiger partial charge in [-0.1, -0.05) is 12.8 Å². The summed E-state index contributed by atoms with van der Waals surface area (Å²) in [6, 6.07) is 0.110. The molecule has 2 atom stereocenters. The van der Waals surface area contributed by atoms with E-state index in [0.29, 0.717) is 0 Å². The molecule has 0 aromatic rings. The van der Waals surface area contributed by atoms with Crippen molar-refractivity contribution in [3.05, 3.63) is 0 Å². The number of rotatable bonds is 4. The molecule has 1 saturated carbocycles. The molecule has 0 aromatic heterocycles. The van der Waals surface area contributed by atoms with E-state index >= 15 is 0 Å². The molecule has 1 rings (SSSR count). The van der Waals surface area contributed by atoms with Crippen LogP contribution in [0.2, 0.25) is 0 Å². The highest BCUT2D eigenvalue weighted by molar-refractivity contribution is 5.77. The standard InChI is InChI=1S/C11H22N2O2/c1-3-13(2)11(14)8-15-10-7-5-4-6-9(10)12/h9-10H,3-8,12H2,1-2H3. The van der Waals surface area contributed by atoms with Crippen LogP contribution >= 0.6 is 0 Å². The van der Waals surface area contributed by atoms with Crippen molar-refractivity contribution in [2.45, 2.75) is 44.8 Å². The van der Waals surface area contributed by atoms with E-state index in [4.69, 9.17) is 10.5 Å². The summed E-state index contributed by atoms with van der Waals surface area (Å²) in [5.74, 6) is 0.0373. The van der Waals surface area contributed by atoms with E-state index in [1.807, 2.05) is 6.92 Å². The molecule has 1 aliphatic carbocycles. The minimum absolute atomic E-state index is 0.0373. The Balaban J connectivity index is 2.26. The normalized spacial score (nSPS) is 26.3. The van der Waals surface area contributed by atoms with Gasteiger partial charge < -0.3 is 15.4 Å². The highest BCUT2D eigenvalue weighted by Gasteiger charge is 2.23. The second-order valence-electron chi connectivity index (χ2n) is 4.21. The lowest BCUT2D eigenvalue weighted by atomic mass is 9.93. The molecule has 0 aromatic carbocycles. The number of carbonyl (C=O) groups excluding carboxylic acids is 1. The van der Waals surface area contributed by atoms with Gasteiger partial charge in [0.05, 0.1) is 6.10 Å². The van der Waals surface area contributed by atoms with Crippen molar-refractivity contribution >= 4 is 5.91 Å². The maximum absolute atomic E-state index is 11.5. The number of hydrogen-bond donors (Lipinski definition) is 1. The first-order valence-corrected chi connectivity index (χ1v) is 5.76. The van der Waals surface area contributed by atoms with Crippen molar-refractivity contribution in [1.82, 2.24) is 4.90 Å². The van der Waals surface area contributed by atoms with Crippen LogP contribution in [0.5, 0.6) is 0 Å². The number of carbonyl (C=O) groups is 1. The van der Waals surface area contributed by atoms with E-state index in [2.05, 4.69) is 0 Å². The summed E-state index contributed by atoms with van der Waals surface area (Å²) in [5.41, 5.74) is 5.92. The van der Waals surface area contributed by atoms with Gasteiger partial charge in [-0.3, -0.25) is 4.79 Å². The zero-order chi connectivity index (χ0) is 11.3. The van der Waals surface area contributed by atoms with Crippen LogP contribution in [0.3, 0.4) is 0 Å². The first kappa shape index (κ1) is 12.5. The fourth-order valence-corrected chi connectivity index (χ4v) is 1.80. The van der Waals surface area contributed by atoms with Crippen molar-refractivity contribution in [3.63, 3.8) is 0 Å². The summed E-state index contributed by atoms with van der Waals surface area (Å²) in [6.07, 6.45) is 4.43. The number of amides is 1. The lowest BCUT2D eigenvalue weighted by Crippen LogP contribution is -2.41. The van der Waals surface area contributed by atoms with Gasteiger partial charge in [0.15, 0.2) is 0 Å². The number of nitrogens with two attached hydrogens (primary N) is 1. The average Bonchev–Trinajstić information content (AvgIpc) is 2.26. The maximum Gasteiger partial charge on any atom is 0.248 e. The van der Waals surface area contributed by atoms with E-state index in [0.717, 1.165) is 25.8 Å². The minimum Gasteiger partial charge on any atom is -0.367 e. The van der Waals surface area contributed by atoms with Gasteiger partial charge in [-0.05, 0) is 19.8 Å². The largest absolute Gasteiger partial charge is 0.367 e. The lowest BCUT2D eigenvalue weighted by Gasteiger charge is -2.28. The Morgan fingerprint density at radius 2 is 2.13 bits per heavy atom. The maximum atomic E-state index is 11.5. The molecule has 15 heavy (non-hydrogen) atoms. The average molecular weight is 214 g/mol. The van der Waals surface area contributed by atoms with E-state index in [1.54, 1.807) is 11.9 Å². The number of ether oxygens (including phenoxy) is 1. The predicted molar refractivity (Wildman–Crippen MR) is 59.5 cm³/mol. The van der Waals surface area contributed by atoms with E-state index < -0.39 is 0 Å². The summed E-state index contributed by atoms with van der Waals surface area (Å²) in [7, 11) is 1.78. The summed E-state index contributed by atoms with van der Waals surface area (Å²) >= 11 is 0. The Morgan fingerprint density at radius 3 is 2.73 bits per heavy atom. The van der Waals surface area contributed by atoms with Gasteiger partial charge in [-0.15, -0.1) is 0 Å². The summed E-state index contributed by atoms with van der Waals surface area (Å²) in [4.78, 5) is 13.1. The Labute approximate surface area is 91.8 Å². The molecule has 0 spiro atoms. The lowest BCUT2D eigenvalue weighted by molar-refractivity contribution is -0.137. The van der Waals surface area contributed by atoms with Crippen LogP contribution < -0.4 is 5.73 Å². The molecule has 2 unspecified atom stereocenters. The third-order valence-electron chi connectivity index (χ3n) is 3.07. The van der Waals surface area contributed by atoms with Crippen LogP contribution in [0.4, 0.5) is 0 Å². The van der Waals surface area contributed by atoms with Crippen LogP contribution in [0.25, 0.3) is 0 Å². The summed E-state index contributed by atoms with van der Waals surface area (Å²) < 4.78 is 5.56. The van der Waals surface area contributed by atoms with Crippen molar-refractivity contribution in [3.8, 4) is 0 Å². The van der Waals surface area contributed by atoms with Gasteiger partial charge >= 0.3 is 0 Å². The zero-order valence-corrected chi connectivity index (χ0v) is 9.74.